The van der Waals surface area contributed by atoms with Crippen molar-refractivity contribution < 1.29 is 4.79 Å². The summed E-state index contributed by atoms with van der Waals surface area (Å²) < 4.78 is 0.806. The van der Waals surface area contributed by atoms with Crippen LogP contribution >= 0.6 is 22.9 Å². The van der Waals surface area contributed by atoms with Gasteiger partial charge in [-0.05, 0) is 25.5 Å². The number of amides is 1. The average molecular weight is 314 g/mol. The number of hydrogen-bond acceptors (Lipinski definition) is 4. The maximum Gasteiger partial charge on any atom is 0.222 e. The molecule has 2 fully saturated rings. The zero-order valence-corrected chi connectivity index (χ0v) is 13.2. The normalized spacial score (nSPS) is 26.6. The van der Waals surface area contributed by atoms with Crippen LogP contribution in [0.5, 0.6) is 0 Å². The van der Waals surface area contributed by atoms with E-state index in [1.165, 1.54) is 4.88 Å². The van der Waals surface area contributed by atoms with Crippen molar-refractivity contribution in [1.82, 2.24) is 9.80 Å². The third-order valence-corrected chi connectivity index (χ3v) is 5.60. The highest BCUT2D eigenvalue weighted by Gasteiger charge is 2.38. The summed E-state index contributed by atoms with van der Waals surface area (Å²) in [5, 5.41) is 0. The van der Waals surface area contributed by atoms with Crippen molar-refractivity contribution in [3.8, 4) is 0 Å². The predicted molar refractivity (Wildman–Crippen MR) is 82.0 cm³/mol. The minimum atomic E-state index is 0.0494. The Morgan fingerprint density at radius 2 is 2.25 bits per heavy atom. The summed E-state index contributed by atoms with van der Waals surface area (Å²) >= 11 is 7.67. The van der Waals surface area contributed by atoms with Crippen LogP contribution in [0.15, 0.2) is 12.1 Å². The van der Waals surface area contributed by atoms with Crippen LogP contribution in [0.3, 0.4) is 0 Å². The second kappa shape index (κ2) is 5.64. The van der Waals surface area contributed by atoms with Crippen LogP contribution in [0.2, 0.25) is 4.34 Å². The van der Waals surface area contributed by atoms with Crippen molar-refractivity contribution in [2.45, 2.75) is 37.9 Å². The number of rotatable bonds is 3. The van der Waals surface area contributed by atoms with Gasteiger partial charge in [0, 0.05) is 43.0 Å². The number of hydrogen-bond donors (Lipinski definition) is 1. The predicted octanol–water partition coefficient (Wildman–Crippen LogP) is 2.10. The van der Waals surface area contributed by atoms with Gasteiger partial charge in [-0.1, -0.05) is 11.6 Å². The van der Waals surface area contributed by atoms with Gasteiger partial charge in [-0.2, -0.15) is 0 Å². The Hall–Kier alpha value is -0.620. The van der Waals surface area contributed by atoms with Crippen LogP contribution in [-0.4, -0.2) is 47.4 Å². The first-order chi connectivity index (χ1) is 9.56. The van der Waals surface area contributed by atoms with Crippen LogP contribution in [-0.2, 0) is 4.79 Å². The highest BCUT2D eigenvalue weighted by atomic mass is 35.5. The molecule has 6 heteroatoms. The van der Waals surface area contributed by atoms with Gasteiger partial charge in [0.25, 0.3) is 0 Å². The zero-order valence-electron chi connectivity index (χ0n) is 11.6. The average Bonchev–Trinajstić information content (AvgIpc) is 2.97. The molecule has 2 aliphatic rings. The van der Waals surface area contributed by atoms with Crippen molar-refractivity contribution in [2.24, 2.45) is 5.73 Å². The highest BCUT2D eigenvalue weighted by Crippen LogP contribution is 2.34. The first kappa shape index (κ1) is 14.3. The molecule has 0 radical (unpaired) electrons. The summed E-state index contributed by atoms with van der Waals surface area (Å²) in [6.07, 6.45) is 1.68. The maximum absolute atomic E-state index is 11.8. The van der Waals surface area contributed by atoms with E-state index in [4.69, 9.17) is 17.3 Å². The largest absolute Gasteiger partial charge is 0.337 e. The van der Waals surface area contributed by atoms with Gasteiger partial charge in [-0.15, -0.1) is 11.3 Å². The Labute approximate surface area is 128 Å². The second-order valence-electron chi connectivity index (χ2n) is 5.72. The molecule has 3 unspecified atom stereocenters. The molecule has 1 aromatic rings. The van der Waals surface area contributed by atoms with Gasteiger partial charge in [0.15, 0.2) is 0 Å². The molecule has 3 atom stereocenters. The number of nitrogens with two attached hydrogens (primary N) is 1. The minimum Gasteiger partial charge on any atom is -0.337 e. The summed E-state index contributed by atoms with van der Waals surface area (Å²) in [5.41, 5.74) is 6.21. The number of carbonyl (C=O) groups is 1. The van der Waals surface area contributed by atoms with E-state index in [0.29, 0.717) is 18.4 Å². The fraction of sp³-hybridized carbons (Fsp3) is 0.643. The van der Waals surface area contributed by atoms with E-state index in [1.807, 2.05) is 17.9 Å². The molecule has 3 heterocycles. The van der Waals surface area contributed by atoms with Gasteiger partial charge in [0.1, 0.15) is 0 Å². The van der Waals surface area contributed by atoms with Crippen molar-refractivity contribution in [3.63, 3.8) is 0 Å². The lowest BCUT2D eigenvalue weighted by molar-refractivity contribution is -0.131. The van der Waals surface area contributed by atoms with E-state index in [1.54, 1.807) is 11.3 Å². The summed E-state index contributed by atoms with van der Waals surface area (Å²) in [4.78, 5) is 17.4. The van der Waals surface area contributed by atoms with E-state index in [2.05, 4.69) is 11.0 Å². The van der Waals surface area contributed by atoms with Crippen LogP contribution in [0.4, 0.5) is 0 Å². The Kier molecular flexibility index (Phi) is 4.04. The fourth-order valence-corrected chi connectivity index (χ4v) is 4.71. The number of thiophene rings is 1. The number of carbonyl (C=O) groups excluding carboxylic acids is 1. The van der Waals surface area contributed by atoms with Gasteiger partial charge in [-0.25, -0.2) is 0 Å². The van der Waals surface area contributed by atoms with E-state index < -0.39 is 0 Å². The van der Waals surface area contributed by atoms with E-state index in [-0.39, 0.29) is 12.1 Å². The fourth-order valence-electron chi connectivity index (χ4n) is 3.40. The smallest absolute Gasteiger partial charge is 0.222 e. The van der Waals surface area contributed by atoms with Gasteiger partial charge in [0.05, 0.1) is 10.4 Å². The number of halogens is 1. The van der Waals surface area contributed by atoms with E-state index >= 15 is 0 Å². The molecule has 2 N–H and O–H groups in total. The maximum atomic E-state index is 11.8. The molecule has 2 aliphatic heterocycles. The molecule has 0 aliphatic carbocycles. The minimum absolute atomic E-state index is 0.0494. The van der Waals surface area contributed by atoms with Crippen molar-refractivity contribution >= 4 is 28.8 Å². The van der Waals surface area contributed by atoms with Crippen LogP contribution in [0, 0.1) is 0 Å². The standard InChI is InChI=1S/C14H20ClN3OS/c1-9(16)14(11-3-4-12(15)20-11)17-6-7-18-10(8-17)2-5-13(18)19/h3-4,9-10,14H,2,5-8,16H2,1H3. The van der Waals surface area contributed by atoms with E-state index in [9.17, 15) is 4.79 Å². The molecular formula is C14H20ClN3OS. The Bertz CT molecular complexity index is 504. The van der Waals surface area contributed by atoms with Gasteiger partial charge in [-0.3, -0.25) is 9.69 Å². The summed E-state index contributed by atoms with van der Waals surface area (Å²) in [6, 6.07) is 4.63. The van der Waals surface area contributed by atoms with Gasteiger partial charge >= 0.3 is 0 Å². The molecule has 2 saturated heterocycles. The van der Waals surface area contributed by atoms with Gasteiger partial charge < -0.3 is 10.6 Å². The topological polar surface area (TPSA) is 49.6 Å². The van der Waals surface area contributed by atoms with Gasteiger partial charge in [0.2, 0.25) is 5.91 Å². The molecular weight excluding hydrogens is 294 g/mol. The molecule has 0 bridgehead atoms. The lowest BCUT2D eigenvalue weighted by Gasteiger charge is -2.42. The summed E-state index contributed by atoms with van der Waals surface area (Å²) in [5.74, 6) is 0.311. The SMILES string of the molecule is CC(N)C(c1ccc(Cl)s1)N1CCN2C(=O)CCC2C1. The van der Waals surface area contributed by atoms with E-state index in [0.717, 1.165) is 30.4 Å². The molecule has 0 aromatic carbocycles. The first-order valence-corrected chi connectivity index (χ1v) is 8.30. The molecule has 1 amide bonds. The lowest BCUT2D eigenvalue weighted by Crippen LogP contribution is -2.54. The molecule has 4 nitrogen and oxygen atoms in total. The van der Waals surface area contributed by atoms with Crippen molar-refractivity contribution in [2.75, 3.05) is 19.6 Å². The molecule has 0 spiro atoms. The number of fused-ring (bicyclic) bond motifs is 1. The third-order valence-electron chi connectivity index (χ3n) is 4.30. The molecule has 0 saturated carbocycles. The second-order valence-corrected chi connectivity index (χ2v) is 7.47. The number of piperazine rings is 1. The Morgan fingerprint density at radius 3 is 2.90 bits per heavy atom. The lowest BCUT2D eigenvalue weighted by atomic mass is 10.0. The molecule has 20 heavy (non-hydrogen) atoms. The Morgan fingerprint density at radius 1 is 1.45 bits per heavy atom. The zero-order chi connectivity index (χ0) is 14.3. The Balaban J connectivity index is 1.78. The molecule has 1 aromatic heterocycles. The highest BCUT2D eigenvalue weighted by molar-refractivity contribution is 7.16. The summed E-state index contributed by atoms with van der Waals surface area (Å²) in [6.45, 7) is 4.69. The third kappa shape index (κ3) is 2.60. The van der Waals surface area contributed by atoms with Crippen molar-refractivity contribution in [1.29, 1.82) is 0 Å². The molecule has 110 valence electrons. The molecule has 3 rings (SSSR count). The quantitative estimate of drug-likeness (QED) is 0.929. The van der Waals surface area contributed by atoms with Crippen LogP contribution < -0.4 is 5.73 Å². The first-order valence-electron chi connectivity index (χ1n) is 7.10. The van der Waals surface area contributed by atoms with Crippen molar-refractivity contribution in [3.05, 3.63) is 21.3 Å². The number of nitrogens with zero attached hydrogens (tertiary/aromatic N) is 2. The van der Waals surface area contributed by atoms with Crippen LogP contribution in [0.25, 0.3) is 0 Å². The summed E-state index contributed by atoms with van der Waals surface area (Å²) in [7, 11) is 0. The van der Waals surface area contributed by atoms with Crippen LogP contribution in [0.1, 0.15) is 30.7 Å². The monoisotopic (exact) mass is 313 g/mol.